The van der Waals surface area contributed by atoms with Gasteiger partial charge in [0, 0.05) is 6.54 Å². The summed E-state index contributed by atoms with van der Waals surface area (Å²) >= 11 is 0. The normalized spacial score (nSPS) is 24.3. The van der Waals surface area contributed by atoms with E-state index >= 15 is 0 Å². The van der Waals surface area contributed by atoms with Crippen LogP contribution in [0.25, 0.3) is 11.0 Å². The van der Waals surface area contributed by atoms with E-state index in [1.807, 2.05) is 0 Å². The lowest BCUT2D eigenvalue weighted by Gasteiger charge is -2.28. The van der Waals surface area contributed by atoms with Crippen LogP contribution in [0.1, 0.15) is 13.3 Å². The first-order valence-electron chi connectivity index (χ1n) is 6.25. The highest BCUT2D eigenvalue weighted by molar-refractivity contribution is 5.75. The molecule has 1 fully saturated rings. The van der Waals surface area contributed by atoms with Crippen molar-refractivity contribution in [3.63, 3.8) is 0 Å². The number of fused-ring (bicyclic) bond motifs is 1. The number of rotatable bonds is 2. The van der Waals surface area contributed by atoms with Gasteiger partial charge in [-0.1, -0.05) is 6.92 Å². The number of benzene rings is 1. The van der Waals surface area contributed by atoms with Crippen molar-refractivity contribution in [2.24, 2.45) is 5.92 Å². The lowest BCUT2D eigenvalue weighted by Crippen LogP contribution is -2.43. The second-order valence-electron chi connectivity index (χ2n) is 4.83. The number of nitrogens with zero attached hydrogens (tertiary/aromatic N) is 1. The third-order valence-corrected chi connectivity index (χ3v) is 3.44. The van der Waals surface area contributed by atoms with Gasteiger partial charge in [0.1, 0.15) is 11.9 Å². The molecule has 0 spiro atoms. The molecule has 2 N–H and O–H groups in total. The smallest absolute Gasteiger partial charge is 0.294 e. The lowest BCUT2D eigenvalue weighted by molar-refractivity contribution is 0.105. The molecule has 1 aliphatic heterocycles. The predicted octanol–water partition coefficient (Wildman–Crippen LogP) is 2.08. The quantitative estimate of drug-likeness (QED) is 0.856. The van der Waals surface area contributed by atoms with Crippen LogP contribution in [0.15, 0.2) is 18.2 Å². The number of hydrogen-bond acceptors (Lipinski definition) is 3. The molecule has 1 saturated heterocycles. The van der Waals surface area contributed by atoms with Crippen LogP contribution < -0.4 is 10.1 Å². The molecule has 2 unspecified atom stereocenters. The van der Waals surface area contributed by atoms with Gasteiger partial charge in [-0.15, -0.1) is 0 Å². The van der Waals surface area contributed by atoms with Gasteiger partial charge >= 0.3 is 0 Å². The largest absolute Gasteiger partial charge is 0.460 e. The molecule has 1 aromatic carbocycles. The third kappa shape index (κ3) is 2.18. The Hall–Kier alpha value is -1.62. The Kier molecular flexibility index (Phi) is 2.91. The maximum absolute atomic E-state index is 13.1. The number of halogens is 1. The molecule has 5 heteroatoms. The molecule has 0 amide bonds. The van der Waals surface area contributed by atoms with Crippen molar-refractivity contribution in [2.45, 2.75) is 19.4 Å². The summed E-state index contributed by atoms with van der Waals surface area (Å²) in [5.74, 6) is 0.224. The Labute approximate surface area is 105 Å². The number of aromatic nitrogens is 2. The second-order valence-corrected chi connectivity index (χ2v) is 4.83. The molecule has 1 aliphatic rings. The minimum absolute atomic E-state index is 0.115. The number of hydrogen-bond donors (Lipinski definition) is 2. The first-order chi connectivity index (χ1) is 8.72. The highest BCUT2D eigenvalue weighted by Crippen LogP contribution is 2.21. The van der Waals surface area contributed by atoms with Crippen LogP contribution in [0.3, 0.4) is 0 Å². The van der Waals surface area contributed by atoms with Crippen LogP contribution in [-0.4, -0.2) is 29.2 Å². The summed E-state index contributed by atoms with van der Waals surface area (Å²) in [6.07, 6.45) is 1.21. The lowest BCUT2D eigenvalue weighted by atomic mass is 9.97. The Morgan fingerprint density at radius 1 is 1.44 bits per heavy atom. The summed E-state index contributed by atoms with van der Waals surface area (Å²) in [5.41, 5.74) is 1.39. The molecule has 2 atom stereocenters. The molecular formula is C13H16FN3O. The van der Waals surface area contributed by atoms with Gasteiger partial charge in [0.15, 0.2) is 0 Å². The highest BCUT2D eigenvalue weighted by Gasteiger charge is 2.23. The first-order valence-corrected chi connectivity index (χ1v) is 6.25. The maximum atomic E-state index is 13.1. The van der Waals surface area contributed by atoms with E-state index in [-0.39, 0.29) is 11.9 Å². The summed E-state index contributed by atoms with van der Waals surface area (Å²) in [4.78, 5) is 7.31. The van der Waals surface area contributed by atoms with Crippen LogP contribution in [0, 0.1) is 11.7 Å². The molecule has 18 heavy (non-hydrogen) atoms. The van der Waals surface area contributed by atoms with Crippen molar-refractivity contribution in [3.8, 4) is 6.01 Å². The van der Waals surface area contributed by atoms with Gasteiger partial charge in [-0.2, -0.15) is 4.98 Å². The zero-order valence-corrected chi connectivity index (χ0v) is 10.2. The average molecular weight is 249 g/mol. The molecule has 0 saturated carbocycles. The number of ether oxygens (including phenoxy) is 1. The maximum Gasteiger partial charge on any atom is 0.294 e. The molecule has 2 aromatic rings. The van der Waals surface area contributed by atoms with Crippen molar-refractivity contribution in [3.05, 3.63) is 24.0 Å². The van der Waals surface area contributed by atoms with E-state index in [4.69, 9.17) is 4.74 Å². The van der Waals surface area contributed by atoms with Gasteiger partial charge < -0.3 is 15.0 Å². The number of H-pyrrole nitrogens is 1. The van der Waals surface area contributed by atoms with Crippen LogP contribution in [0.2, 0.25) is 0 Å². The average Bonchev–Trinajstić information content (AvgIpc) is 2.73. The van der Waals surface area contributed by atoms with Crippen LogP contribution >= 0.6 is 0 Å². The van der Waals surface area contributed by atoms with E-state index in [0.29, 0.717) is 17.4 Å². The van der Waals surface area contributed by atoms with E-state index in [2.05, 4.69) is 22.2 Å². The summed E-state index contributed by atoms with van der Waals surface area (Å²) in [7, 11) is 0. The number of nitrogens with one attached hydrogen (secondary N) is 2. The van der Waals surface area contributed by atoms with Crippen molar-refractivity contribution in [1.82, 2.24) is 15.3 Å². The van der Waals surface area contributed by atoms with Gasteiger partial charge in [-0.05, 0) is 37.1 Å². The minimum atomic E-state index is -0.273. The molecule has 4 nitrogen and oxygen atoms in total. The standard InChI is InChI=1S/C13H16FN3O/c1-8-4-5-15-7-12(8)18-13-16-10-3-2-9(14)6-11(10)17-13/h2-3,6,8,12,15H,4-5,7H2,1H3,(H,16,17). The topological polar surface area (TPSA) is 49.9 Å². The van der Waals surface area contributed by atoms with Gasteiger partial charge in [0.05, 0.1) is 11.0 Å². The molecule has 0 radical (unpaired) electrons. The fourth-order valence-electron chi connectivity index (χ4n) is 2.28. The zero-order chi connectivity index (χ0) is 12.5. The van der Waals surface area contributed by atoms with Crippen molar-refractivity contribution in [1.29, 1.82) is 0 Å². The van der Waals surface area contributed by atoms with Crippen LogP contribution in [-0.2, 0) is 0 Å². The van der Waals surface area contributed by atoms with Crippen molar-refractivity contribution >= 4 is 11.0 Å². The summed E-state index contributed by atoms with van der Waals surface area (Å²) in [6, 6.07) is 4.95. The highest BCUT2D eigenvalue weighted by atomic mass is 19.1. The second kappa shape index (κ2) is 4.57. The molecule has 2 heterocycles. The third-order valence-electron chi connectivity index (χ3n) is 3.44. The fraction of sp³-hybridized carbons (Fsp3) is 0.462. The Bertz CT molecular complexity index is 554. The van der Waals surface area contributed by atoms with E-state index in [1.165, 1.54) is 12.1 Å². The fourth-order valence-corrected chi connectivity index (χ4v) is 2.28. The SMILES string of the molecule is CC1CCNCC1Oc1nc2ccc(F)cc2[nH]1. The van der Waals surface area contributed by atoms with E-state index in [0.717, 1.165) is 25.0 Å². The Balaban J connectivity index is 1.81. The van der Waals surface area contributed by atoms with Gasteiger partial charge in [0.2, 0.25) is 0 Å². The van der Waals surface area contributed by atoms with Crippen LogP contribution in [0.4, 0.5) is 4.39 Å². The van der Waals surface area contributed by atoms with Crippen molar-refractivity contribution in [2.75, 3.05) is 13.1 Å². The molecule has 0 aliphatic carbocycles. The van der Waals surface area contributed by atoms with Gasteiger partial charge in [-0.25, -0.2) is 4.39 Å². The molecule has 3 rings (SSSR count). The molecular weight excluding hydrogens is 233 g/mol. The minimum Gasteiger partial charge on any atom is -0.460 e. The summed E-state index contributed by atoms with van der Waals surface area (Å²) in [5, 5.41) is 3.30. The number of piperidine rings is 1. The number of imidazole rings is 1. The molecule has 1 aromatic heterocycles. The van der Waals surface area contributed by atoms with Gasteiger partial charge in [0.25, 0.3) is 6.01 Å². The first kappa shape index (κ1) is 11.5. The van der Waals surface area contributed by atoms with E-state index in [9.17, 15) is 4.39 Å². The van der Waals surface area contributed by atoms with E-state index in [1.54, 1.807) is 6.07 Å². The zero-order valence-electron chi connectivity index (χ0n) is 10.2. The van der Waals surface area contributed by atoms with Crippen LogP contribution in [0.5, 0.6) is 6.01 Å². The van der Waals surface area contributed by atoms with E-state index < -0.39 is 0 Å². The number of aromatic amines is 1. The Morgan fingerprint density at radius 3 is 3.17 bits per heavy atom. The monoisotopic (exact) mass is 249 g/mol. The van der Waals surface area contributed by atoms with Gasteiger partial charge in [-0.3, -0.25) is 0 Å². The molecule has 0 bridgehead atoms. The molecule has 96 valence electrons. The Morgan fingerprint density at radius 2 is 2.33 bits per heavy atom. The summed E-state index contributed by atoms with van der Waals surface area (Å²) < 4.78 is 18.9. The summed E-state index contributed by atoms with van der Waals surface area (Å²) in [6.45, 7) is 4.03. The van der Waals surface area contributed by atoms with Crippen molar-refractivity contribution < 1.29 is 9.13 Å². The predicted molar refractivity (Wildman–Crippen MR) is 67.1 cm³/mol.